The third-order valence-electron chi connectivity index (χ3n) is 5.23. The van der Waals surface area contributed by atoms with Crippen molar-refractivity contribution < 1.29 is 17.6 Å². The van der Waals surface area contributed by atoms with Gasteiger partial charge in [-0.05, 0) is 49.9 Å². The fourth-order valence-corrected chi connectivity index (χ4v) is 4.73. The first kappa shape index (κ1) is 24.9. The Hall–Kier alpha value is -1.39. The van der Waals surface area contributed by atoms with Crippen LogP contribution >= 0.6 is 28.3 Å². The molecule has 1 fully saturated rings. The predicted molar refractivity (Wildman–Crippen MR) is 121 cm³/mol. The maximum Gasteiger partial charge on any atom is 0.287 e. The number of hydrogen-bond donors (Lipinski definition) is 1. The van der Waals surface area contributed by atoms with Crippen molar-refractivity contribution in [2.75, 3.05) is 39.3 Å². The molecule has 1 amide bonds. The summed E-state index contributed by atoms with van der Waals surface area (Å²) in [7, 11) is -3.81. The molecule has 2 heterocycles. The summed E-state index contributed by atoms with van der Waals surface area (Å²) >= 11 is 3.28. The lowest BCUT2D eigenvalue weighted by atomic mass is 10.2. The number of benzene rings is 1. The maximum absolute atomic E-state index is 12.7. The van der Waals surface area contributed by atoms with Crippen molar-refractivity contribution in [3.8, 4) is 0 Å². The molecule has 10 heteroatoms. The fraction of sp³-hybridized carbons (Fsp3) is 0.450. The first-order chi connectivity index (χ1) is 13.8. The standard InChI is InChI=1S/C20H26BrN3O4S.ClH/c1-3-23-10-12-24(13-11-23)15(2)14-22-20(25)18-8-9-19(28-18)29(26,27)17-6-4-16(21)5-7-17;/h4-9,15H,3,10-14H2,1-2H3,(H,22,25);1H. The lowest BCUT2D eigenvalue weighted by molar-refractivity contribution is 0.0856. The molecule has 0 aliphatic carbocycles. The number of nitrogens with one attached hydrogen (secondary N) is 1. The largest absolute Gasteiger partial charge is 0.439 e. The van der Waals surface area contributed by atoms with Crippen molar-refractivity contribution in [1.82, 2.24) is 15.1 Å². The Morgan fingerprint density at radius 1 is 1.13 bits per heavy atom. The Labute approximate surface area is 192 Å². The summed E-state index contributed by atoms with van der Waals surface area (Å²) in [6.45, 7) is 9.78. The van der Waals surface area contributed by atoms with Crippen LogP contribution in [-0.2, 0) is 9.84 Å². The zero-order chi connectivity index (χ0) is 21.0. The number of likely N-dealkylation sites (N-methyl/N-ethyl adjacent to an activating group) is 1. The van der Waals surface area contributed by atoms with E-state index in [2.05, 4.69) is 44.9 Å². The summed E-state index contributed by atoms with van der Waals surface area (Å²) < 4.78 is 31.5. The van der Waals surface area contributed by atoms with E-state index in [1.54, 1.807) is 12.1 Å². The first-order valence-electron chi connectivity index (χ1n) is 9.66. The second kappa shape index (κ2) is 10.8. The highest BCUT2D eigenvalue weighted by Gasteiger charge is 2.24. The number of amides is 1. The summed E-state index contributed by atoms with van der Waals surface area (Å²) in [6.07, 6.45) is 0. The molecule has 0 spiro atoms. The second-order valence-corrected chi connectivity index (χ2v) is 9.90. The first-order valence-corrected chi connectivity index (χ1v) is 11.9. The molecule has 3 rings (SSSR count). The zero-order valence-electron chi connectivity index (χ0n) is 17.0. The molecular formula is C20H27BrClN3O4S. The van der Waals surface area contributed by atoms with Gasteiger partial charge in [0.25, 0.3) is 5.91 Å². The van der Waals surface area contributed by atoms with Gasteiger partial charge in [0.05, 0.1) is 4.90 Å². The van der Waals surface area contributed by atoms with Gasteiger partial charge in [-0.3, -0.25) is 9.69 Å². The molecule has 1 N–H and O–H groups in total. The van der Waals surface area contributed by atoms with E-state index in [0.29, 0.717) is 6.54 Å². The second-order valence-electron chi connectivity index (χ2n) is 7.11. The van der Waals surface area contributed by atoms with Gasteiger partial charge < -0.3 is 14.6 Å². The minimum absolute atomic E-state index is 0. The quantitative estimate of drug-likeness (QED) is 0.604. The monoisotopic (exact) mass is 519 g/mol. The lowest BCUT2D eigenvalue weighted by Crippen LogP contribution is -2.52. The van der Waals surface area contributed by atoms with Crippen LogP contribution in [0.4, 0.5) is 0 Å². The summed E-state index contributed by atoms with van der Waals surface area (Å²) in [5.74, 6) is -0.426. The molecule has 1 unspecified atom stereocenters. The van der Waals surface area contributed by atoms with E-state index in [1.165, 1.54) is 24.3 Å². The summed E-state index contributed by atoms with van der Waals surface area (Å²) in [4.78, 5) is 17.3. The van der Waals surface area contributed by atoms with Crippen LogP contribution in [0.3, 0.4) is 0 Å². The number of halogens is 2. The number of rotatable bonds is 7. The molecule has 1 atom stereocenters. The average molecular weight is 521 g/mol. The van der Waals surface area contributed by atoms with E-state index < -0.39 is 15.7 Å². The van der Waals surface area contributed by atoms with E-state index in [9.17, 15) is 13.2 Å². The van der Waals surface area contributed by atoms with E-state index in [-0.39, 0.29) is 34.2 Å². The fourth-order valence-electron chi connectivity index (χ4n) is 3.29. The summed E-state index contributed by atoms with van der Waals surface area (Å²) in [6, 6.07) is 9.17. The molecular weight excluding hydrogens is 494 g/mol. The van der Waals surface area contributed by atoms with Gasteiger partial charge in [0.15, 0.2) is 5.76 Å². The Balaban J connectivity index is 0.00000320. The minimum Gasteiger partial charge on any atom is -0.439 e. The Morgan fingerprint density at radius 2 is 1.77 bits per heavy atom. The van der Waals surface area contributed by atoms with Crippen LogP contribution in [-0.4, -0.2) is 69.4 Å². The minimum atomic E-state index is -3.81. The summed E-state index contributed by atoms with van der Waals surface area (Å²) in [5, 5.41) is 2.60. The van der Waals surface area contributed by atoms with Crippen LogP contribution in [0, 0.1) is 0 Å². The number of hydrogen-bond acceptors (Lipinski definition) is 6. The number of furan rings is 1. The van der Waals surface area contributed by atoms with Crippen LogP contribution in [0.5, 0.6) is 0 Å². The number of carbonyl (C=O) groups excluding carboxylic acids is 1. The molecule has 1 aliphatic rings. The lowest BCUT2D eigenvalue weighted by Gasteiger charge is -2.37. The predicted octanol–water partition coefficient (Wildman–Crippen LogP) is 3.05. The van der Waals surface area contributed by atoms with Crippen LogP contribution in [0.2, 0.25) is 0 Å². The van der Waals surface area contributed by atoms with Gasteiger partial charge in [0.2, 0.25) is 14.9 Å². The Morgan fingerprint density at radius 3 is 2.37 bits per heavy atom. The highest BCUT2D eigenvalue weighted by Crippen LogP contribution is 2.24. The molecule has 1 aromatic carbocycles. The molecule has 0 saturated carbocycles. The van der Waals surface area contributed by atoms with Crippen LogP contribution < -0.4 is 5.32 Å². The maximum atomic E-state index is 12.7. The van der Waals surface area contributed by atoms with Crippen molar-refractivity contribution in [1.29, 1.82) is 0 Å². The number of piperazine rings is 1. The number of carbonyl (C=O) groups is 1. The van der Waals surface area contributed by atoms with Crippen molar-refractivity contribution >= 4 is 44.1 Å². The molecule has 30 heavy (non-hydrogen) atoms. The highest BCUT2D eigenvalue weighted by molar-refractivity contribution is 9.10. The van der Waals surface area contributed by atoms with E-state index in [1.807, 2.05) is 0 Å². The Bertz CT molecular complexity index is 941. The van der Waals surface area contributed by atoms with Gasteiger partial charge in [-0.1, -0.05) is 22.9 Å². The van der Waals surface area contributed by atoms with Gasteiger partial charge in [0, 0.05) is 43.2 Å². The Kier molecular flexibility index (Phi) is 8.93. The van der Waals surface area contributed by atoms with E-state index >= 15 is 0 Å². The third kappa shape index (κ3) is 5.85. The zero-order valence-corrected chi connectivity index (χ0v) is 20.2. The van der Waals surface area contributed by atoms with Crippen molar-refractivity contribution in [2.45, 2.75) is 29.9 Å². The SMILES string of the molecule is CCN1CCN(C(C)CNC(=O)c2ccc(S(=O)(=O)c3ccc(Br)cc3)o2)CC1.Cl. The molecule has 1 saturated heterocycles. The van der Waals surface area contributed by atoms with Crippen LogP contribution in [0.15, 0.2) is 55.3 Å². The molecule has 0 radical (unpaired) electrons. The molecule has 7 nitrogen and oxygen atoms in total. The van der Waals surface area contributed by atoms with Crippen molar-refractivity contribution in [2.24, 2.45) is 0 Å². The van der Waals surface area contributed by atoms with Crippen LogP contribution in [0.1, 0.15) is 24.4 Å². The number of sulfone groups is 1. The summed E-state index contributed by atoms with van der Waals surface area (Å²) in [5.41, 5.74) is 0. The third-order valence-corrected chi connectivity index (χ3v) is 7.40. The van der Waals surface area contributed by atoms with Gasteiger partial charge in [-0.25, -0.2) is 8.42 Å². The molecule has 1 aromatic heterocycles. The molecule has 0 bridgehead atoms. The van der Waals surface area contributed by atoms with Gasteiger partial charge in [-0.15, -0.1) is 12.4 Å². The van der Waals surface area contributed by atoms with Crippen LogP contribution in [0.25, 0.3) is 0 Å². The number of nitrogens with zero attached hydrogens (tertiary/aromatic N) is 2. The van der Waals surface area contributed by atoms with Crippen molar-refractivity contribution in [3.05, 3.63) is 46.6 Å². The van der Waals surface area contributed by atoms with Crippen molar-refractivity contribution in [3.63, 3.8) is 0 Å². The normalized spacial score (nSPS) is 16.6. The molecule has 2 aromatic rings. The van der Waals surface area contributed by atoms with E-state index in [4.69, 9.17) is 4.42 Å². The smallest absolute Gasteiger partial charge is 0.287 e. The van der Waals surface area contributed by atoms with Gasteiger partial charge >= 0.3 is 0 Å². The van der Waals surface area contributed by atoms with Gasteiger partial charge in [-0.2, -0.15) is 0 Å². The topological polar surface area (TPSA) is 82.9 Å². The molecule has 1 aliphatic heterocycles. The van der Waals surface area contributed by atoms with Gasteiger partial charge in [0.1, 0.15) is 0 Å². The molecule has 166 valence electrons. The van der Waals surface area contributed by atoms with E-state index in [0.717, 1.165) is 37.2 Å². The average Bonchev–Trinajstić information content (AvgIpc) is 3.23. The highest BCUT2D eigenvalue weighted by atomic mass is 79.9.